The highest BCUT2D eigenvalue weighted by Gasteiger charge is 2.20. The minimum atomic E-state index is 0.488. The number of nitrogens with zero attached hydrogens (tertiary/aromatic N) is 1. The minimum absolute atomic E-state index is 0.488. The van der Waals surface area contributed by atoms with E-state index in [2.05, 4.69) is 56.0 Å². The summed E-state index contributed by atoms with van der Waals surface area (Å²) < 4.78 is 0. The van der Waals surface area contributed by atoms with E-state index in [-0.39, 0.29) is 0 Å². The zero-order chi connectivity index (χ0) is 13.7. The van der Waals surface area contributed by atoms with Gasteiger partial charge in [-0.1, -0.05) is 51.1 Å². The van der Waals surface area contributed by atoms with Gasteiger partial charge >= 0.3 is 0 Å². The van der Waals surface area contributed by atoms with Crippen LogP contribution in [0.1, 0.15) is 57.9 Å². The Hall–Kier alpha value is -0.820. The molecule has 1 heterocycles. The molecular weight excluding hydrogens is 230 g/mol. The van der Waals surface area contributed by atoms with Gasteiger partial charge in [0.2, 0.25) is 0 Å². The fourth-order valence-corrected chi connectivity index (χ4v) is 3.05. The first kappa shape index (κ1) is 14.6. The molecule has 0 amide bonds. The number of benzene rings is 1. The van der Waals surface area contributed by atoms with Gasteiger partial charge in [-0.05, 0) is 62.2 Å². The third-order valence-electron chi connectivity index (χ3n) is 4.26. The first-order chi connectivity index (χ1) is 9.04. The lowest BCUT2D eigenvalue weighted by Crippen LogP contribution is -2.34. The van der Waals surface area contributed by atoms with E-state index in [1.807, 2.05) is 0 Å². The van der Waals surface area contributed by atoms with Gasteiger partial charge in [0, 0.05) is 0 Å². The van der Waals surface area contributed by atoms with Gasteiger partial charge in [-0.3, -0.25) is 0 Å². The molecule has 1 aromatic rings. The van der Waals surface area contributed by atoms with Crippen LogP contribution < -0.4 is 0 Å². The summed E-state index contributed by atoms with van der Waals surface area (Å²) in [6.45, 7) is 10.9. The Kier molecular flexibility index (Phi) is 5.04. The van der Waals surface area contributed by atoms with Crippen molar-refractivity contribution in [1.82, 2.24) is 4.90 Å². The van der Waals surface area contributed by atoms with Crippen LogP contribution in [-0.4, -0.2) is 24.5 Å². The number of hydrogen-bond donors (Lipinski definition) is 0. The summed E-state index contributed by atoms with van der Waals surface area (Å²) in [7, 11) is 0. The molecule has 1 nitrogen and oxygen atoms in total. The quantitative estimate of drug-likeness (QED) is 0.758. The van der Waals surface area contributed by atoms with Crippen LogP contribution in [0.25, 0.3) is 0 Å². The molecule has 0 radical (unpaired) electrons. The summed E-state index contributed by atoms with van der Waals surface area (Å²) in [5.41, 5.74) is 2.03. The van der Waals surface area contributed by atoms with Crippen molar-refractivity contribution in [2.75, 3.05) is 19.6 Å². The van der Waals surface area contributed by atoms with Gasteiger partial charge < -0.3 is 4.90 Å². The van der Waals surface area contributed by atoms with E-state index in [4.69, 9.17) is 0 Å². The highest BCUT2D eigenvalue weighted by Crippen LogP contribution is 2.28. The molecule has 1 aliphatic heterocycles. The van der Waals surface area contributed by atoms with Gasteiger partial charge in [0.25, 0.3) is 0 Å². The minimum Gasteiger partial charge on any atom is -0.303 e. The molecule has 0 aliphatic carbocycles. The van der Waals surface area contributed by atoms with Crippen LogP contribution >= 0.6 is 0 Å². The third-order valence-corrected chi connectivity index (χ3v) is 4.26. The summed E-state index contributed by atoms with van der Waals surface area (Å²) in [4.78, 5) is 2.66. The Balaban J connectivity index is 1.71. The van der Waals surface area contributed by atoms with Crippen molar-refractivity contribution in [3.63, 3.8) is 0 Å². The Labute approximate surface area is 119 Å². The van der Waals surface area contributed by atoms with Gasteiger partial charge in [-0.15, -0.1) is 0 Å². The number of rotatable bonds is 4. The zero-order valence-corrected chi connectivity index (χ0v) is 12.9. The maximum Gasteiger partial charge on any atom is -0.00129 e. The lowest BCUT2D eigenvalue weighted by atomic mass is 9.88. The van der Waals surface area contributed by atoms with E-state index in [1.165, 1.54) is 50.9 Å². The Morgan fingerprint density at radius 1 is 1.05 bits per heavy atom. The lowest BCUT2D eigenvalue weighted by Gasteiger charge is -2.32. The maximum atomic E-state index is 2.66. The number of hydrogen-bond acceptors (Lipinski definition) is 1. The fraction of sp³-hybridized carbons (Fsp3) is 0.667. The molecule has 1 saturated heterocycles. The molecule has 1 aromatic carbocycles. The average molecular weight is 259 g/mol. The summed E-state index contributed by atoms with van der Waals surface area (Å²) in [6.07, 6.45) is 5.35. The van der Waals surface area contributed by atoms with E-state index in [1.54, 1.807) is 0 Å². The molecule has 0 atom stereocenters. The second kappa shape index (κ2) is 6.56. The van der Waals surface area contributed by atoms with Crippen molar-refractivity contribution in [3.8, 4) is 0 Å². The largest absolute Gasteiger partial charge is 0.303 e. The Bertz CT molecular complexity index is 355. The van der Waals surface area contributed by atoms with Crippen molar-refractivity contribution in [2.45, 2.75) is 52.4 Å². The average Bonchev–Trinajstić information content (AvgIpc) is 2.39. The van der Waals surface area contributed by atoms with Crippen molar-refractivity contribution < 1.29 is 0 Å². The van der Waals surface area contributed by atoms with Gasteiger partial charge in [0.15, 0.2) is 0 Å². The van der Waals surface area contributed by atoms with Crippen LogP contribution in [0.15, 0.2) is 30.3 Å². The van der Waals surface area contributed by atoms with Crippen LogP contribution in [0, 0.1) is 5.41 Å². The summed E-state index contributed by atoms with van der Waals surface area (Å²) in [5.74, 6) is 0.792. The van der Waals surface area contributed by atoms with Crippen LogP contribution in [-0.2, 0) is 0 Å². The zero-order valence-electron chi connectivity index (χ0n) is 12.9. The molecule has 0 bridgehead atoms. The van der Waals surface area contributed by atoms with Crippen molar-refractivity contribution in [2.24, 2.45) is 5.41 Å². The molecule has 19 heavy (non-hydrogen) atoms. The molecule has 1 heteroatoms. The number of likely N-dealkylation sites (tertiary alicyclic amines) is 1. The Morgan fingerprint density at radius 2 is 1.68 bits per heavy atom. The van der Waals surface area contributed by atoms with Crippen LogP contribution in [0.3, 0.4) is 0 Å². The van der Waals surface area contributed by atoms with E-state index in [0.717, 1.165) is 5.92 Å². The van der Waals surface area contributed by atoms with Crippen molar-refractivity contribution in [1.29, 1.82) is 0 Å². The van der Waals surface area contributed by atoms with E-state index >= 15 is 0 Å². The Morgan fingerprint density at radius 3 is 2.26 bits per heavy atom. The second-order valence-electron chi connectivity index (χ2n) is 7.19. The molecule has 106 valence electrons. The molecule has 0 spiro atoms. The SMILES string of the molecule is CC(C)(C)CCCN1CCC(c2ccccc2)CC1. The first-order valence-electron chi connectivity index (χ1n) is 7.82. The molecule has 2 rings (SSSR count). The predicted octanol–water partition coefficient (Wildman–Crippen LogP) is 4.69. The molecule has 0 saturated carbocycles. The molecule has 1 aliphatic rings. The highest BCUT2D eigenvalue weighted by molar-refractivity contribution is 5.19. The van der Waals surface area contributed by atoms with Gasteiger partial charge in [-0.25, -0.2) is 0 Å². The molecule has 0 aromatic heterocycles. The maximum absolute atomic E-state index is 2.66. The van der Waals surface area contributed by atoms with Crippen molar-refractivity contribution in [3.05, 3.63) is 35.9 Å². The number of piperidine rings is 1. The first-order valence-corrected chi connectivity index (χ1v) is 7.82. The highest BCUT2D eigenvalue weighted by atomic mass is 15.1. The van der Waals surface area contributed by atoms with Crippen LogP contribution in [0.4, 0.5) is 0 Å². The smallest absolute Gasteiger partial charge is 0.00129 e. The molecule has 1 fully saturated rings. The standard InChI is InChI=1S/C18H29N/c1-18(2,3)12-7-13-19-14-10-17(11-15-19)16-8-5-4-6-9-16/h4-6,8-9,17H,7,10-15H2,1-3H3. The van der Waals surface area contributed by atoms with E-state index in [9.17, 15) is 0 Å². The van der Waals surface area contributed by atoms with Crippen molar-refractivity contribution >= 4 is 0 Å². The van der Waals surface area contributed by atoms with E-state index in [0.29, 0.717) is 5.41 Å². The summed E-state index contributed by atoms with van der Waals surface area (Å²) >= 11 is 0. The predicted molar refractivity (Wildman–Crippen MR) is 83.5 cm³/mol. The lowest BCUT2D eigenvalue weighted by molar-refractivity contribution is 0.199. The van der Waals surface area contributed by atoms with Crippen LogP contribution in [0.5, 0.6) is 0 Å². The monoisotopic (exact) mass is 259 g/mol. The van der Waals surface area contributed by atoms with Crippen LogP contribution in [0.2, 0.25) is 0 Å². The van der Waals surface area contributed by atoms with Gasteiger partial charge in [-0.2, -0.15) is 0 Å². The molecule has 0 unspecified atom stereocenters. The molecular formula is C18H29N. The summed E-state index contributed by atoms with van der Waals surface area (Å²) in [6, 6.07) is 11.0. The third kappa shape index (κ3) is 4.99. The normalized spacial score (nSPS) is 18.7. The van der Waals surface area contributed by atoms with E-state index < -0.39 is 0 Å². The fourth-order valence-electron chi connectivity index (χ4n) is 3.05. The second-order valence-corrected chi connectivity index (χ2v) is 7.19. The van der Waals surface area contributed by atoms with Gasteiger partial charge in [0.1, 0.15) is 0 Å². The molecule has 0 N–H and O–H groups in total. The topological polar surface area (TPSA) is 3.24 Å². The summed E-state index contributed by atoms with van der Waals surface area (Å²) in [5, 5.41) is 0. The van der Waals surface area contributed by atoms with Gasteiger partial charge in [0.05, 0.1) is 0 Å².